The molecule has 2 aliphatic rings. The van der Waals surface area contributed by atoms with Crippen LogP contribution in [-0.2, 0) is 17.4 Å². The van der Waals surface area contributed by atoms with Crippen LogP contribution in [0, 0.1) is 18.8 Å². The minimum Gasteiger partial charge on any atom is -0.396 e. The summed E-state index contributed by atoms with van der Waals surface area (Å²) in [5.74, 6) is 3.30. The van der Waals surface area contributed by atoms with Crippen molar-refractivity contribution in [1.82, 2.24) is 14.8 Å². The van der Waals surface area contributed by atoms with E-state index in [-0.39, 0.29) is 31.1 Å². The molecular weight excluding hydrogens is 455 g/mol. The van der Waals surface area contributed by atoms with E-state index < -0.39 is 11.7 Å². The number of halogens is 3. The van der Waals surface area contributed by atoms with Gasteiger partial charge in [-0.1, -0.05) is 19.9 Å². The minimum absolute atomic E-state index is 0.0653. The van der Waals surface area contributed by atoms with E-state index in [9.17, 15) is 23.1 Å². The number of nitrogens with zero attached hydrogens (tertiary/aromatic N) is 3. The summed E-state index contributed by atoms with van der Waals surface area (Å²) >= 11 is 0. The van der Waals surface area contributed by atoms with Crippen molar-refractivity contribution >= 4 is 5.78 Å². The number of hydrogen-bond donors (Lipinski definition) is 1. The second kappa shape index (κ2) is 10.4. The quantitative estimate of drug-likeness (QED) is 0.410. The number of aliphatic hydroxyl groups is 1. The molecule has 0 unspecified atom stereocenters. The largest absolute Gasteiger partial charge is 0.416 e. The molecule has 2 aromatic rings. The Hall–Kier alpha value is -2.22. The van der Waals surface area contributed by atoms with E-state index in [1.807, 2.05) is 0 Å². The monoisotopic (exact) mass is 491 g/mol. The highest BCUT2D eigenvalue weighted by Crippen LogP contribution is 2.48. The van der Waals surface area contributed by atoms with Crippen molar-refractivity contribution in [3.8, 4) is 0 Å². The maximum Gasteiger partial charge on any atom is 0.416 e. The molecule has 1 atom stereocenters. The number of aromatic nitrogens is 3. The second-order valence-corrected chi connectivity index (χ2v) is 10.9. The topological polar surface area (TPSA) is 68.0 Å². The zero-order valence-corrected chi connectivity index (χ0v) is 20.8. The van der Waals surface area contributed by atoms with Gasteiger partial charge in [-0.05, 0) is 80.5 Å². The van der Waals surface area contributed by atoms with Crippen LogP contribution >= 0.6 is 0 Å². The molecule has 0 bridgehead atoms. The number of aliphatic hydroxyl groups excluding tert-OH is 1. The molecule has 5 nitrogen and oxygen atoms in total. The maximum absolute atomic E-state index is 13.0. The third-order valence-electron chi connectivity index (χ3n) is 7.44. The molecule has 8 heteroatoms. The molecule has 2 fully saturated rings. The predicted octanol–water partition coefficient (Wildman–Crippen LogP) is 6.15. The van der Waals surface area contributed by atoms with Crippen LogP contribution < -0.4 is 0 Å². The fraction of sp³-hybridized carbons (Fsp3) is 0.667. The Balaban J connectivity index is 1.47. The number of Topliss-reactive ketones (excluding diaryl/α,β-unsaturated/α-hetero) is 1. The lowest BCUT2D eigenvalue weighted by atomic mass is 9.71. The van der Waals surface area contributed by atoms with Crippen molar-refractivity contribution in [1.29, 1.82) is 0 Å². The van der Waals surface area contributed by atoms with Crippen LogP contribution in [0.1, 0.15) is 105 Å². The van der Waals surface area contributed by atoms with Crippen molar-refractivity contribution in [3.05, 3.63) is 46.5 Å². The van der Waals surface area contributed by atoms with Gasteiger partial charge in [0.1, 0.15) is 17.4 Å². The number of alkyl halides is 3. The average Bonchev–Trinajstić information content (AvgIpc) is 3.49. The normalized spacial score (nSPS) is 21.3. The number of benzene rings is 1. The van der Waals surface area contributed by atoms with Crippen LogP contribution in [0.3, 0.4) is 0 Å². The molecule has 2 aliphatic carbocycles. The number of carbonyl (C=O) groups excluding carboxylic acids is 1. The van der Waals surface area contributed by atoms with Crippen molar-refractivity contribution < 1.29 is 23.1 Å². The lowest BCUT2D eigenvalue weighted by Crippen LogP contribution is -2.26. The number of ketones is 1. The Morgan fingerprint density at radius 2 is 1.91 bits per heavy atom. The molecule has 1 aromatic heterocycles. The van der Waals surface area contributed by atoms with Gasteiger partial charge in [0.05, 0.1) is 5.56 Å². The third kappa shape index (κ3) is 6.13. The molecule has 0 saturated heterocycles. The molecular formula is C27H36F3N3O2. The molecule has 1 heterocycles. The van der Waals surface area contributed by atoms with Gasteiger partial charge in [0.15, 0.2) is 0 Å². The Labute approximate surface area is 205 Å². The fourth-order valence-electron chi connectivity index (χ4n) is 5.49. The summed E-state index contributed by atoms with van der Waals surface area (Å²) in [6.07, 6.45) is 1.88. The second-order valence-electron chi connectivity index (χ2n) is 10.9. The number of hydrogen-bond acceptors (Lipinski definition) is 4. The van der Waals surface area contributed by atoms with E-state index in [0.717, 1.165) is 55.4 Å². The molecule has 0 spiro atoms. The Kier molecular flexibility index (Phi) is 7.69. The van der Waals surface area contributed by atoms with Gasteiger partial charge in [0.25, 0.3) is 0 Å². The van der Waals surface area contributed by atoms with Crippen LogP contribution in [0.5, 0.6) is 0 Å². The van der Waals surface area contributed by atoms with E-state index >= 15 is 0 Å². The first-order valence-corrected chi connectivity index (χ1v) is 12.8. The fourth-order valence-corrected chi connectivity index (χ4v) is 5.49. The molecule has 0 amide bonds. The molecule has 192 valence electrons. The Bertz CT molecular complexity index is 1040. The molecule has 35 heavy (non-hydrogen) atoms. The highest BCUT2D eigenvalue weighted by Gasteiger charge is 2.39. The number of aryl methyl sites for hydroxylation is 1. The zero-order chi connectivity index (χ0) is 25.3. The van der Waals surface area contributed by atoms with E-state index in [1.54, 1.807) is 6.92 Å². The predicted molar refractivity (Wildman–Crippen MR) is 127 cm³/mol. The van der Waals surface area contributed by atoms with Crippen LogP contribution in [-0.4, -0.2) is 32.3 Å². The molecule has 0 radical (unpaired) electrons. The summed E-state index contributed by atoms with van der Waals surface area (Å²) < 4.78 is 41.2. The van der Waals surface area contributed by atoms with Crippen LogP contribution in [0.4, 0.5) is 13.2 Å². The summed E-state index contributed by atoms with van der Waals surface area (Å²) in [6, 6.07) is 3.89. The van der Waals surface area contributed by atoms with Gasteiger partial charge in [-0.2, -0.15) is 13.2 Å². The van der Waals surface area contributed by atoms with Crippen molar-refractivity contribution in [3.63, 3.8) is 0 Å². The standard InChI is InChI=1S/C27H36F3N3O2/c1-16(2)10-18-12-21(13-18)26-32-31-25(33(26)23-6-7-23)20(8-9-34)15-24(35)14-19-4-5-22(11-17(19)3)27(28,29)30/h4-5,11,16,18,20-21,23,34H,6-10,12-15H2,1-3H3/t18?,20-,21?/m0/s1. The van der Waals surface area contributed by atoms with Crippen LogP contribution in [0.2, 0.25) is 0 Å². The summed E-state index contributed by atoms with van der Waals surface area (Å²) in [6.45, 7) is 6.04. The Morgan fingerprint density at radius 3 is 2.49 bits per heavy atom. The van der Waals surface area contributed by atoms with Gasteiger partial charge in [0, 0.05) is 37.3 Å². The third-order valence-corrected chi connectivity index (χ3v) is 7.44. The smallest absolute Gasteiger partial charge is 0.396 e. The van der Waals surface area contributed by atoms with E-state index in [0.29, 0.717) is 35.4 Å². The SMILES string of the molecule is Cc1cc(C(F)(F)F)ccc1CC(=O)C[C@H](CCO)c1nnc(C2CC(CC(C)C)C2)n1C1CC1. The molecule has 4 rings (SSSR count). The first kappa shape index (κ1) is 25.9. The van der Waals surface area contributed by atoms with Crippen molar-refractivity contribution in [2.45, 2.75) is 96.2 Å². The highest BCUT2D eigenvalue weighted by molar-refractivity contribution is 5.82. The van der Waals surface area contributed by atoms with Gasteiger partial charge in [0.2, 0.25) is 0 Å². The molecule has 1 N–H and O–H groups in total. The molecule has 0 aliphatic heterocycles. The molecule has 1 aromatic carbocycles. The minimum atomic E-state index is -4.40. The highest BCUT2D eigenvalue weighted by atomic mass is 19.4. The van der Waals surface area contributed by atoms with Crippen molar-refractivity contribution in [2.75, 3.05) is 6.61 Å². The summed E-state index contributed by atoms with van der Waals surface area (Å²) in [5, 5.41) is 18.8. The van der Waals surface area contributed by atoms with Gasteiger partial charge >= 0.3 is 6.18 Å². The summed E-state index contributed by atoms with van der Waals surface area (Å²) in [5.41, 5.74) is 0.345. The van der Waals surface area contributed by atoms with E-state index in [4.69, 9.17) is 0 Å². The Morgan fingerprint density at radius 1 is 1.20 bits per heavy atom. The van der Waals surface area contributed by atoms with Gasteiger partial charge in [-0.15, -0.1) is 10.2 Å². The van der Waals surface area contributed by atoms with Crippen LogP contribution in [0.15, 0.2) is 18.2 Å². The first-order valence-electron chi connectivity index (χ1n) is 12.8. The lowest BCUT2D eigenvalue weighted by Gasteiger charge is -2.36. The number of carbonyl (C=O) groups is 1. The first-order chi connectivity index (χ1) is 16.6. The van der Waals surface area contributed by atoms with E-state index in [2.05, 4.69) is 28.6 Å². The maximum atomic E-state index is 13.0. The van der Waals surface area contributed by atoms with Gasteiger partial charge in [-0.3, -0.25) is 4.79 Å². The van der Waals surface area contributed by atoms with Crippen LogP contribution in [0.25, 0.3) is 0 Å². The van der Waals surface area contributed by atoms with Crippen molar-refractivity contribution in [2.24, 2.45) is 11.8 Å². The summed E-state index contributed by atoms with van der Waals surface area (Å²) in [7, 11) is 0. The average molecular weight is 492 g/mol. The zero-order valence-electron chi connectivity index (χ0n) is 20.8. The lowest BCUT2D eigenvalue weighted by molar-refractivity contribution is -0.137. The summed E-state index contributed by atoms with van der Waals surface area (Å²) in [4.78, 5) is 13.0. The molecule has 2 saturated carbocycles. The number of rotatable bonds is 11. The van der Waals surface area contributed by atoms with Gasteiger partial charge < -0.3 is 9.67 Å². The van der Waals surface area contributed by atoms with Gasteiger partial charge in [-0.25, -0.2) is 0 Å². The van der Waals surface area contributed by atoms with E-state index in [1.165, 1.54) is 12.5 Å².